The van der Waals surface area contributed by atoms with Crippen molar-refractivity contribution in [2.24, 2.45) is 0 Å². The van der Waals surface area contributed by atoms with E-state index in [9.17, 15) is 13.2 Å². The normalized spacial score (nSPS) is 15.2. The first kappa shape index (κ1) is 20.1. The third kappa shape index (κ3) is 4.38. The number of rotatable bonds is 5. The highest BCUT2D eigenvalue weighted by Gasteiger charge is 2.22. The quantitative estimate of drug-likeness (QED) is 0.682. The number of benzene rings is 1. The van der Waals surface area contributed by atoms with Gasteiger partial charge in [0.15, 0.2) is 11.6 Å². The fraction of sp³-hybridized carbons (Fsp3) is 0.350. The van der Waals surface area contributed by atoms with Crippen LogP contribution >= 0.6 is 0 Å². The summed E-state index contributed by atoms with van der Waals surface area (Å²) in [5.41, 5.74) is 8.79. The van der Waals surface area contributed by atoms with E-state index in [4.69, 9.17) is 5.73 Å². The lowest BCUT2D eigenvalue weighted by Gasteiger charge is -2.35. The molecule has 3 aromatic rings. The van der Waals surface area contributed by atoms with Crippen LogP contribution in [0.2, 0.25) is 0 Å². The Balaban J connectivity index is 1.41. The molecule has 0 amide bonds. The lowest BCUT2D eigenvalue weighted by Crippen LogP contribution is -2.46. The first-order chi connectivity index (χ1) is 14.4. The van der Waals surface area contributed by atoms with Crippen molar-refractivity contribution in [3.05, 3.63) is 47.5 Å². The van der Waals surface area contributed by atoms with E-state index in [0.717, 1.165) is 11.8 Å². The second-order valence-corrected chi connectivity index (χ2v) is 7.14. The van der Waals surface area contributed by atoms with Crippen LogP contribution in [0.4, 0.5) is 24.8 Å². The fourth-order valence-corrected chi connectivity index (χ4v) is 3.49. The number of alkyl halides is 2. The van der Waals surface area contributed by atoms with Crippen molar-refractivity contribution in [1.29, 1.82) is 0 Å². The van der Waals surface area contributed by atoms with E-state index in [1.807, 2.05) is 17.9 Å². The summed E-state index contributed by atoms with van der Waals surface area (Å²) < 4.78 is 43.0. The Morgan fingerprint density at radius 1 is 1.10 bits per heavy atom. The maximum absolute atomic E-state index is 14.2. The van der Waals surface area contributed by atoms with Gasteiger partial charge < -0.3 is 15.4 Å². The van der Waals surface area contributed by atoms with Crippen LogP contribution in [0.1, 0.15) is 11.3 Å². The molecule has 2 N–H and O–H groups in total. The molecule has 1 aliphatic heterocycles. The van der Waals surface area contributed by atoms with Crippen LogP contribution in [0, 0.1) is 12.7 Å². The molecule has 10 heteroatoms. The Morgan fingerprint density at radius 2 is 1.87 bits per heavy atom. The van der Waals surface area contributed by atoms with Gasteiger partial charge in [-0.2, -0.15) is 8.78 Å². The van der Waals surface area contributed by atoms with Gasteiger partial charge in [0.2, 0.25) is 0 Å². The molecule has 0 spiro atoms. The van der Waals surface area contributed by atoms with Gasteiger partial charge in [-0.3, -0.25) is 9.88 Å². The average molecular weight is 418 g/mol. The topological polar surface area (TPSA) is 80.4 Å². The van der Waals surface area contributed by atoms with Gasteiger partial charge in [-0.05, 0) is 19.1 Å². The van der Waals surface area contributed by atoms with Gasteiger partial charge >= 0.3 is 6.61 Å². The maximum Gasteiger partial charge on any atom is 0.387 e. The van der Waals surface area contributed by atoms with Gasteiger partial charge in [0.25, 0.3) is 0 Å². The molecule has 0 unspecified atom stereocenters. The lowest BCUT2D eigenvalue weighted by atomic mass is 10.1. The molecule has 1 aromatic carbocycles. The molecule has 7 nitrogen and oxygen atoms in total. The molecule has 1 fully saturated rings. The SMILES string of the molecule is Cc1cc2nc(N)c(N3CCN(Cc4ccc(OC(F)F)cc4F)CC3)nc2cn1. The Hall–Kier alpha value is -3.14. The van der Waals surface area contributed by atoms with Crippen LogP contribution in [0.25, 0.3) is 11.0 Å². The van der Waals surface area contributed by atoms with Crippen molar-refractivity contribution in [2.45, 2.75) is 20.1 Å². The van der Waals surface area contributed by atoms with Gasteiger partial charge in [-0.1, -0.05) is 6.07 Å². The second kappa shape index (κ2) is 8.31. The summed E-state index contributed by atoms with van der Waals surface area (Å²) >= 11 is 0. The van der Waals surface area contributed by atoms with Crippen molar-refractivity contribution in [2.75, 3.05) is 36.8 Å². The highest BCUT2D eigenvalue weighted by atomic mass is 19.3. The summed E-state index contributed by atoms with van der Waals surface area (Å²) in [6, 6.07) is 5.65. The second-order valence-electron chi connectivity index (χ2n) is 7.14. The monoisotopic (exact) mass is 418 g/mol. The number of fused-ring (bicyclic) bond motifs is 1. The zero-order valence-corrected chi connectivity index (χ0v) is 16.4. The molecule has 0 bridgehead atoms. The van der Waals surface area contributed by atoms with Crippen LogP contribution in [-0.4, -0.2) is 52.6 Å². The molecule has 0 aliphatic carbocycles. The van der Waals surface area contributed by atoms with Gasteiger partial charge in [-0.15, -0.1) is 0 Å². The number of ether oxygens (including phenoxy) is 1. The average Bonchev–Trinajstić information content (AvgIpc) is 2.70. The van der Waals surface area contributed by atoms with E-state index < -0.39 is 12.4 Å². The van der Waals surface area contributed by atoms with E-state index in [0.29, 0.717) is 61.0 Å². The van der Waals surface area contributed by atoms with Gasteiger partial charge in [0, 0.05) is 50.0 Å². The van der Waals surface area contributed by atoms with E-state index in [1.54, 1.807) is 6.20 Å². The molecule has 2 aromatic heterocycles. The van der Waals surface area contributed by atoms with Crippen molar-refractivity contribution in [3.8, 4) is 5.75 Å². The maximum atomic E-state index is 14.2. The summed E-state index contributed by atoms with van der Waals surface area (Å²) in [6.45, 7) is 1.91. The molecule has 30 heavy (non-hydrogen) atoms. The number of aromatic nitrogens is 3. The molecule has 1 aliphatic rings. The van der Waals surface area contributed by atoms with E-state index >= 15 is 0 Å². The molecule has 0 saturated carbocycles. The minimum Gasteiger partial charge on any atom is -0.435 e. The number of aryl methyl sites for hydroxylation is 1. The third-order valence-electron chi connectivity index (χ3n) is 5.01. The van der Waals surface area contributed by atoms with Crippen molar-refractivity contribution < 1.29 is 17.9 Å². The Kier molecular flexibility index (Phi) is 5.58. The fourth-order valence-electron chi connectivity index (χ4n) is 3.49. The minimum atomic E-state index is -2.98. The molecule has 1 saturated heterocycles. The summed E-state index contributed by atoms with van der Waals surface area (Å²) in [6.07, 6.45) is 1.68. The van der Waals surface area contributed by atoms with Crippen LogP contribution in [0.15, 0.2) is 30.5 Å². The highest BCUT2D eigenvalue weighted by Crippen LogP contribution is 2.25. The van der Waals surface area contributed by atoms with E-state index in [2.05, 4.69) is 24.6 Å². The molecule has 4 rings (SSSR count). The van der Waals surface area contributed by atoms with Crippen molar-refractivity contribution in [3.63, 3.8) is 0 Å². The van der Waals surface area contributed by atoms with Gasteiger partial charge in [-0.25, -0.2) is 14.4 Å². The number of anilines is 2. The van der Waals surface area contributed by atoms with E-state index in [-0.39, 0.29) is 5.75 Å². The molecule has 0 radical (unpaired) electrons. The number of nitrogens with zero attached hydrogens (tertiary/aromatic N) is 5. The Bertz CT molecular complexity index is 1060. The Labute approximate surface area is 171 Å². The number of halogens is 3. The van der Waals surface area contributed by atoms with Gasteiger partial charge in [0.05, 0.1) is 11.7 Å². The molecular formula is C20H21F3N6O. The standard InChI is InChI=1S/C20H21F3N6O/c1-12-8-16-17(10-25-12)27-19(18(24)26-16)29-6-4-28(5-7-29)11-13-2-3-14(9-15(13)21)30-20(22)23/h2-3,8-10,20H,4-7,11H2,1H3,(H2,24,26). The summed E-state index contributed by atoms with van der Waals surface area (Å²) in [5.74, 6) is 0.226. The summed E-state index contributed by atoms with van der Waals surface area (Å²) in [7, 11) is 0. The summed E-state index contributed by atoms with van der Waals surface area (Å²) in [4.78, 5) is 17.4. The first-order valence-corrected chi connectivity index (χ1v) is 9.49. The Morgan fingerprint density at radius 3 is 2.57 bits per heavy atom. The number of piperazine rings is 1. The smallest absolute Gasteiger partial charge is 0.387 e. The molecular weight excluding hydrogens is 397 g/mol. The van der Waals surface area contributed by atoms with Crippen LogP contribution < -0.4 is 15.4 Å². The lowest BCUT2D eigenvalue weighted by molar-refractivity contribution is -0.0500. The largest absolute Gasteiger partial charge is 0.435 e. The number of pyridine rings is 1. The van der Waals surface area contributed by atoms with Crippen molar-refractivity contribution >= 4 is 22.7 Å². The van der Waals surface area contributed by atoms with E-state index in [1.165, 1.54) is 12.1 Å². The van der Waals surface area contributed by atoms with Crippen LogP contribution in [-0.2, 0) is 6.54 Å². The van der Waals surface area contributed by atoms with Crippen LogP contribution in [0.3, 0.4) is 0 Å². The first-order valence-electron chi connectivity index (χ1n) is 9.49. The van der Waals surface area contributed by atoms with Crippen molar-refractivity contribution in [1.82, 2.24) is 19.9 Å². The summed E-state index contributed by atoms with van der Waals surface area (Å²) in [5, 5.41) is 0. The minimum absolute atomic E-state index is 0.189. The van der Waals surface area contributed by atoms with Crippen LogP contribution in [0.5, 0.6) is 5.75 Å². The highest BCUT2D eigenvalue weighted by molar-refractivity contribution is 5.79. The number of hydrogen-bond donors (Lipinski definition) is 1. The van der Waals surface area contributed by atoms with Gasteiger partial charge in [0.1, 0.15) is 17.1 Å². The number of hydrogen-bond acceptors (Lipinski definition) is 7. The molecule has 0 atom stereocenters. The third-order valence-corrected chi connectivity index (χ3v) is 5.01. The zero-order chi connectivity index (χ0) is 21.3. The molecule has 3 heterocycles. The zero-order valence-electron chi connectivity index (χ0n) is 16.4. The molecule has 158 valence electrons. The predicted octanol–water partition coefficient (Wildman–Crippen LogP) is 2.98. The number of nitrogens with two attached hydrogens (primary N) is 1. The predicted molar refractivity (Wildman–Crippen MR) is 107 cm³/mol. The number of nitrogen functional groups attached to an aromatic ring is 1.